The Labute approximate surface area is 105 Å². The Balaban J connectivity index is 2.66. The van der Waals surface area contributed by atoms with Crippen molar-refractivity contribution in [3.05, 3.63) is 0 Å². The molecule has 1 heterocycles. The standard InChI is InChI=1S/C10H12F5NO3/c1-19-7(17)6-2-4-16(5-3-6)8(18)9(11,12)10(13,14)15/h6H,2-5H2,1H3. The zero-order chi connectivity index (χ0) is 14.8. The van der Waals surface area contributed by atoms with Crippen molar-refractivity contribution in [2.45, 2.75) is 24.9 Å². The van der Waals surface area contributed by atoms with Gasteiger partial charge in [-0.15, -0.1) is 0 Å². The maximum Gasteiger partial charge on any atom is 0.463 e. The molecule has 1 amide bonds. The molecule has 19 heavy (non-hydrogen) atoms. The van der Waals surface area contributed by atoms with Crippen LogP contribution in [0.3, 0.4) is 0 Å². The van der Waals surface area contributed by atoms with Crippen molar-refractivity contribution >= 4 is 11.9 Å². The van der Waals surface area contributed by atoms with Crippen LogP contribution in [-0.4, -0.2) is 49.1 Å². The minimum Gasteiger partial charge on any atom is -0.469 e. The third-order valence-electron chi connectivity index (χ3n) is 2.94. The number of amides is 1. The monoisotopic (exact) mass is 289 g/mol. The zero-order valence-corrected chi connectivity index (χ0v) is 9.97. The summed E-state index contributed by atoms with van der Waals surface area (Å²) in [5.74, 6) is -8.81. The summed E-state index contributed by atoms with van der Waals surface area (Å²) in [6.45, 7) is -0.658. The lowest BCUT2D eigenvalue weighted by molar-refractivity contribution is -0.274. The molecular formula is C10H12F5NO3. The third-order valence-corrected chi connectivity index (χ3v) is 2.94. The van der Waals surface area contributed by atoms with Gasteiger partial charge in [0.15, 0.2) is 0 Å². The predicted octanol–water partition coefficient (Wildman–Crippen LogP) is 1.60. The molecule has 0 aliphatic carbocycles. The number of hydrogen-bond donors (Lipinski definition) is 0. The van der Waals surface area contributed by atoms with Crippen LogP contribution < -0.4 is 0 Å². The van der Waals surface area contributed by atoms with Gasteiger partial charge in [0.05, 0.1) is 13.0 Å². The fraction of sp³-hybridized carbons (Fsp3) is 0.800. The minimum atomic E-state index is -5.91. The largest absolute Gasteiger partial charge is 0.469 e. The van der Waals surface area contributed by atoms with Crippen molar-refractivity contribution < 1.29 is 36.3 Å². The first-order valence-electron chi connectivity index (χ1n) is 5.43. The van der Waals surface area contributed by atoms with Crippen LogP contribution in [0.4, 0.5) is 22.0 Å². The Kier molecular flexibility index (Phi) is 4.36. The third kappa shape index (κ3) is 3.13. The second-order valence-electron chi connectivity index (χ2n) is 4.16. The van der Waals surface area contributed by atoms with Gasteiger partial charge in [0.1, 0.15) is 0 Å². The van der Waals surface area contributed by atoms with Crippen LogP contribution in [0, 0.1) is 5.92 Å². The molecular weight excluding hydrogens is 277 g/mol. The molecule has 0 aromatic heterocycles. The number of hydrogen-bond acceptors (Lipinski definition) is 3. The van der Waals surface area contributed by atoms with Gasteiger partial charge >= 0.3 is 24.0 Å². The van der Waals surface area contributed by atoms with Crippen molar-refractivity contribution in [2.24, 2.45) is 5.92 Å². The lowest BCUT2D eigenvalue weighted by atomic mass is 9.96. The van der Waals surface area contributed by atoms with E-state index >= 15 is 0 Å². The summed E-state index contributed by atoms with van der Waals surface area (Å²) in [7, 11) is 1.15. The Bertz CT molecular complexity index is 361. The fourth-order valence-corrected chi connectivity index (χ4v) is 1.80. The van der Waals surface area contributed by atoms with Crippen LogP contribution in [0.5, 0.6) is 0 Å². The molecule has 0 spiro atoms. The summed E-state index contributed by atoms with van der Waals surface area (Å²) in [5, 5.41) is 0. The molecule has 110 valence electrons. The first kappa shape index (κ1) is 15.6. The number of nitrogens with zero attached hydrogens (tertiary/aromatic N) is 1. The van der Waals surface area contributed by atoms with Crippen molar-refractivity contribution in [1.82, 2.24) is 4.90 Å². The molecule has 1 saturated heterocycles. The van der Waals surface area contributed by atoms with E-state index in [2.05, 4.69) is 4.74 Å². The molecule has 0 atom stereocenters. The molecule has 0 radical (unpaired) electrons. The van der Waals surface area contributed by atoms with E-state index in [0.717, 1.165) is 7.11 Å². The van der Waals surface area contributed by atoms with Gasteiger partial charge in [-0.05, 0) is 12.8 Å². The molecule has 0 aromatic carbocycles. The van der Waals surface area contributed by atoms with Crippen LogP contribution in [0.25, 0.3) is 0 Å². The fourth-order valence-electron chi connectivity index (χ4n) is 1.80. The molecule has 0 unspecified atom stereocenters. The number of methoxy groups -OCH3 is 1. The first-order valence-corrected chi connectivity index (χ1v) is 5.43. The quantitative estimate of drug-likeness (QED) is 0.573. The summed E-state index contributed by atoms with van der Waals surface area (Å²) in [4.78, 5) is 22.7. The highest BCUT2D eigenvalue weighted by Gasteiger charge is 2.64. The van der Waals surface area contributed by atoms with E-state index in [-0.39, 0.29) is 25.9 Å². The van der Waals surface area contributed by atoms with Crippen molar-refractivity contribution in [3.8, 4) is 0 Å². The van der Waals surface area contributed by atoms with Crippen molar-refractivity contribution in [1.29, 1.82) is 0 Å². The Morgan fingerprint density at radius 3 is 1.95 bits per heavy atom. The Hall–Kier alpha value is -1.41. The van der Waals surface area contributed by atoms with E-state index in [1.165, 1.54) is 0 Å². The molecule has 1 fully saturated rings. The summed E-state index contributed by atoms with van der Waals surface area (Å²) in [6.07, 6.45) is -5.90. The highest BCUT2D eigenvalue weighted by atomic mass is 19.4. The molecule has 1 aliphatic heterocycles. The Morgan fingerprint density at radius 2 is 1.58 bits per heavy atom. The van der Waals surface area contributed by atoms with E-state index < -0.39 is 29.9 Å². The lowest BCUT2D eigenvalue weighted by Gasteiger charge is -2.33. The normalized spacial score (nSPS) is 18.3. The lowest BCUT2D eigenvalue weighted by Crippen LogP contribution is -2.54. The number of rotatable bonds is 2. The summed E-state index contributed by atoms with van der Waals surface area (Å²) in [6, 6.07) is 0. The van der Waals surface area contributed by atoms with Crippen LogP contribution >= 0.6 is 0 Å². The molecule has 1 aliphatic rings. The second kappa shape index (κ2) is 5.30. The molecule has 0 N–H and O–H groups in total. The number of esters is 1. The Morgan fingerprint density at radius 1 is 1.11 bits per heavy atom. The molecule has 0 bridgehead atoms. The van der Waals surface area contributed by atoms with E-state index in [9.17, 15) is 31.5 Å². The smallest absolute Gasteiger partial charge is 0.463 e. The maximum absolute atomic E-state index is 12.8. The van der Waals surface area contributed by atoms with Crippen LogP contribution in [-0.2, 0) is 14.3 Å². The van der Waals surface area contributed by atoms with Crippen LogP contribution in [0.1, 0.15) is 12.8 Å². The molecule has 9 heteroatoms. The molecule has 1 rings (SSSR count). The topological polar surface area (TPSA) is 46.6 Å². The van der Waals surface area contributed by atoms with Gasteiger partial charge in [-0.25, -0.2) is 0 Å². The van der Waals surface area contributed by atoms with Crippen LogP contribution in [0.15, 0.2) is 0 Å². The van der Waals surface area contributed by atoms with E-state index in [1.807, 2.05) is 0 Å². The number of alkyl halides is 5. The van der Waals surface area contributed by atoms with E-state index in [1.54, 1.807) is 0 Å². The zero-order valence-electron chi connectivity index (χ0n) is 9.97. The van der Waals surface area contributed by atoms with Gasteiger partial charge in [-0.1, -0.05) is 0 Å². The predicted molar refractivity (Wildman–Crippen MR) is 52.3 cm³/mol. The van der Waals surface area contributed by atoms with Gasteiger partial charge < -0.3 is 9.64 Å². The second-order valence-corrected chi connectivity index (χ2v) is 4.16. The van der Waals surface area contributed by atoms with Gasteiger partial charge in [-0.3, -0.25) is 9.59 Å². The van der Waals surface area contributed by atoms with E-state index in [4.69, 9.17) is 0 Å². The number of piperidine rings is 1. The van der Waals surface area contributed by atoms with Crippen molar-refractivity contribution in [3.63, 3.8) is 0 Å². The average molecular weight is 289 g/mol. The highest BCUT2D eigenvalue weighted by molar-refractivity contribution is 5.84. The van der Waals surface area contributed by atoms with Gasteiger partial charge in [0, 0.05) is 13.1 Å². The summed E-state index contributed by atoms with van der Waals surface area (Å²) < 4.78 is 66.2. The number of likely N-dealkylation sites (tertiary alicyclic amines) is 1. The average Bonchev–Trinajstić information content (AvgIpc) is 2.35. The first-order chi connectivity index (χ1) is 8.61. The molecule has 0 saturated carbocycles. The van der Waals surface area contributed by atoms with Crippen LogP contribution in [0.2, 0.25) is 0 Å². The summed E-state index contributed by atoms with van der Waals surface area (Å²) >= 11 is 0. The number of carbonyl (C=O) groups is 2. The minimum absolute atomic E-state index is 0.00630. The van der Waals surface area contributed by atoms with Crippen molar-refractivity contribution in [2.75, 3.05) is 20.2 Å². The van der Waals surface area contributed by atoms with Gasteiger partial charge in [0.2, 0.25) is 0 Å². The number of halogens is 5. The van der Waals surface area contributed by atoms with Gasteiger partial charge in [0.25, 0.3) is 0 Å². The number of carbonyl (C=O) groups excluding carboxylic acids is 2. The molecule has 0 aromatic rings. The SMILES string of the molecule is COC(=O)C1CCN(C(=O)C(F)(F)C(F)(F)F)CC1. The highest BCUT2D eigenvalue weighted by Crippen LogP contribution is 2.37. The summed E-state index contributed by atoms with van der Waals surface area (Å²) in [5.41, 5.74) is 0. The van der Waals surface area contributed by atoms with Gasteiger partial charge in [-0.2, -0.15) is 22.0 Å². The van der Waals surface area contributed by atoms with E-state index in [0.29, 0.717) is 4.90 Å². The molecule has 4 nitrogen and oxygen atoms in total. The maximum atomic E-state index is 12.8. The number of ether oxygens (including phenoxy) is 1.